The van der Waals surface area contributed by atoms with Crippen molar-refractivity contribution in [1.29, 1.82) is 0 Å². The van der Waals surface area contributed by atoms with Crippen molar-refractivity contribution in [3.8, 4) is 0 Å². The number of likely N-dealkylation sites (N-methyl/N-ethyl adjacent to an activating group) is 1. The van der Waals surface area contributed by atoms with Gasteiger partial charge in [-0.05, 0) is 31.5 Å². The van der Waals surface area contributed by atoms with Crippen LogP contribution in [0.2, 0.25) is 0 Å². The Morgan fingerprint density at radius 2 is 2.44 bits per heavy atom. The summed E-state index contributed by atoms with van der Waals surface area (Å²) in [6.45, 7) is 1.72. The molecule has 0 radical (unpaired) electrons. The fourth-order valence-corrected chi connectivity index (χ4v) is 2.86. The number of nitrogens with zero attached hydrogens (tertiary/aromatic N) is 2. The fraction of sp³-hybridized carbons (Fsp3) is 0.500. The quantitative estimate of drug-likeness (QED) is 0.695. The molecule has 84 valence electrons. The van der Waals surface area contributed by atoms with Crippen molar-refractivity contribution in [2.45, 2.75) is 18.3 Å². The van der Waals surface area contributed by atoms with Gasteiger partial charge in [0, 0.05) is 19.8 Å². The molecular formula is C12H15N3O. The third-order valence-corrected chi connectivity index (χ3v) is 3.70. The zero-order chi connectivity index (χ0) is 11.2. The van der Waals surface area contributed by atoms with Crippen molar-refractivity contribution in [3.05, 3.63) is 24.0 Å². The van der Waals surface area contributed by atoms with E-state index in [-0.39, 0.29) is 5.91 Å². The summed E-state index contributed by atoms with van der Waals surface area (Å²) in [6.07, 6.45) is 3.73. The van der Waals surface area contributed by atoms with Crippen LogP contribution in [-0.4, -0.2) is 31.0 Å². The first-order chi connectivity index (χ1) is 7.76. The van der Waals surface area contributed by atoms with Crippen LogP contribution in [0.4, 0.5) is 5.69 Å². The van der Waals surface area contributed by atoms with Crippen LogP contribution in [0.5, 0.6) is 0 Å². The Morgan fingerprint density at radius 3 is 3.19 bits per heavy atom. The SMILES string of the molecule is CN1C(=O)[C@]2(CCCNC2)c2ncccc21. The lowest BCUT2D eigenvalue weighted by Crippen LogP contribution is -2.50. The molecule has 0 aliphatic carbocycles. The number of carbonyl (C=O) groups is 1. The average molecular weight is 217 g/mol. The summed E-state index contributed by atoms with van der Waals surface area (Å²) in [5, 5.41) is 3.32. The Morgan fingerprint density at radius 1 is 1.56 bits per heavy atom. The van der Waals surface area contributed by atoms with E-state index >= 15 is 0 Å². The number of amides is 1. The second-order valence-electron chi connectivity index (χ2n) is 4.60. The van der Waals surface area contributed by atoms with Crippen molar-refractivity contribution in [1.82, 2.24) is 10.3 Å². The van der Waals surface area contributed by atoms with E-state index in [1.807, 2.05) is 19.2 Å². The molecule has 1 aromatic rings. The maximum atomic E-state index is 12.4. The standard InChI is InChI=1S/C12H15N3O/c1-15-9-4-2-7-14-10(9)12(11(15)16)5-3-6-13-8-12/h2,4,7,13H,3,5-6,8H2,1H3/t12-/m0/s1. The van der Waals surface area contributed by atoms with Crippen LogP contribution in [0.1, 0.15) is 18.5 Å². The number of aromatic nitrogens is 1. The normalized spacial score (nSPS) is 28.6. The Labute approximate surface area is 94.7 Å². The highest BCUT2D eigenvalue weighted by Crippen LogP contribution is 2.43. The van der Waals surface area contributed by atoms with E-state index in [2.05, 4.69) is 10.3 Å². The first-order valence-electron chi connectivity index (χ1n) is 5.70. The molecule has 1 atom stereocenters. The molecule has 0 saturated carbocycles. The minimum Gasteiger partial charge on any atom is -0.315 e. The largest absolute Gasteiger partial charge is 0.315 e. The molecule has 0 aromatic carbocycles. The zero-order valence-electron chi connectivity index (χ0n) is 9.36. The molecule has 3 rings (SSSR count). The number of pyridine rings is 1. The number of fused-ring (bicyclic) bond motifs is 2. The van der Waals surface area contributed by atoms with Crippen LogP contribution >= 0.6 is 0 Å². The summed E-state index contributed by atoms with van der Waals surface area (Å²) >= 11 is 0. The minimum atomic E-state index is -0.399. The van der Waals surface area contributed by atoms with Gasteiger partial charge in [0.1, 0.15) is 5.41 Å². The fourth-order valence-electron chi connectivity index (χ4n) is 2.86. The van der Waals surface area contributed by atoms with Crippen molar-refractivity contribution < 1.29 is 4.79 Å². The minimum absolute atomic E-state index is 0.188. The van der Waals surface area contributed by atoms with E-state index in [1.54, 1.807) is 11.1 Å². The molecule has 1 N–H and O–H groups in total. The molecule has 0 unspecified atom stereocenters. The lowest BCUT2D eigenvalue weighted by Gasteiger charge is -2.31. The monoisotopic (exact) mass is 217 g/mol. The summed E-state index contributed by atoms with van der Waals surface area (Å²) in [5.41, 5.74) is 1.52. The van der Waals surface area contributed by atoms with Crippen LogP contribution in [-0.2, 0) is 10.2 Å². The van der Waals surface area contributed by atoms with Gasteiger partial charge < -0.3 is 10.2 Å². The van der Waals surface area contributed by atoms with Gasteiger partial charge in [0.2, 0.25) is 5.91 Å². The molecule has 1 aromatic heterocycles. The number of nitrogens with one attached hydrogen (secondary N) is 1. The molecule has 1 saturated heterocycles. The highest BCUT2D eigenvalue weighted by atomic mass is 16.2. The molecule has 2 aliphatic heterocycles. The molecule has 2 aliphatic rings. The third kappa shape index (κ3) is 1.08. The summed E-state index contributed by atoms with van der Waals surface area (Å²) in [4.78, 5) is 18.6. The predicted octanol–water partition coefficient (Wildman–Crippen LogP) is 0.679. The van der Waals surface area contributed by atoms with E-state index in [4.69, 9.17) is 0 Å². The average Bonchev–Trinajstić information content (AvgIpc) is 2.55. The van der Waals surface area contributed by atoms with Crippen LogP contribution in [0.15, 0.2) is 18.3 Å². The van der Waals surface area contributed by atoms with Gasteiger partial charge in [-0.15, -0.1) is 0 Å². The lowest BCUT2D eigenvalue weighted by atomic mass is 9.78. The summed E-state index contributed by atoms with van der Waals surface area (Å²) in [5.74, 6) is 0.188. The molecule has 1 fully saturated rings. The predicted molar refractivity (Wildman–Crippen MR) is 61.4 cm³/mol. The number of carbonyl (C=O) groups excluding carboxylic acids is 1. The van der Waals surface area contributed by atoms with Gasteiger partial charge >= 0.3 is 0 Å². The molecule has 4 heteroatoms. The van der Waals surface area contributed by atoms with Crippen molar-refractivity contribution in [2.75, 3.05) is 25.0 Å². The number of anilines is 1. The van der Waals surface area contributed by atoms with Gasteiger partial charge in [0.25, 0.3) is 0 Å². The van der Waals surface area contributed by atoms with Gasteiger partial charge in [0.05, 0.1) is 11.4 Å². The van der Waals surface area contributed by atoms with Crippen LogP contribution < -0.4 is 10.2 Å². The Kier molecular flexibility index (Phi) is 2.01. The van der Waals surface area contributed by atoms with E-state index in [0.717, 1.165) is 37.3 Å². The highest BCUT2D eigenvalue weighted by molar-refractivity contribution is 6.07. The molecule has 3 heterocycles. The molecular weight excluding hydrogens is 202 g/mol. The van der Waals surface area contributed by atoms with E-state index in [9.17, 15) is 4.79 Å². The van der Waals surface area contributed by atoms with Crippen LogP contribution in [0, 0.1) is 0 Å². The molecule has 16 heavy (non-hydrogen) atoms. The second-order valence-corrected chi connectivity index (χ2v) is 4.60. The van der Waals surface area contributed by atoms with E-state index < -0.39 is 5.41 Å². The van der Waals surface area contributed by atoms with Crippen molar-refractivity contribution >= 4 is 11.6 Å². The summed E-state index contributed by atoms with van der Waals surface area (Å²) in [7, 11) is 1.84. The maximum Gasteiger partial charge on any atom is 0.240 e. The molecule has 4 nitrogen and oxygen atoms in total. The lowest BCUT2D eigenvalue weighted by molar-refractivity contribution is -0.123. The van der Waals surface area contributed by atoms with E-state index in [0.29, 0.717) is 0 Å². The van der Waals surface area contributed by atoms with Gasteiger partial charge in [-0.1, -0.05) is 0 Å². The first-order valence-corrected chi connectivity index (χ1v) is 5.70. The Bertz CT molecular complexity index is 438. The number of rotatable bonds is 0. The van der Waals surface area contributed by atoms with Gasteiger partial charge in [0.15, 0.2) is 0 Å². The molecule has 1 amide bonds. The highest BCUT2D eigenvalue weighted by Gasteiger charge is 2.51. The Balaban J connectivity index is 2.16. The topological polar surface area (TPSA) is 45.2 Å². The second kappa shape index (κ2) is 3.28. The Hall–Kier alpha value is -1.42. The van der Waals surface area contributed by atoms with Gasteiger partial charge in [-0.25, -0.2) is 0 Å². The first kappa shape index (κ1) is 9.78. The van der Waals surface area contributed by atoms with E-state index in [1.165, 1.54) is 0 Å². The van der Waals surface area contributed by atoms with Gasteiger partial charge in [-0.3, -0.25) is 9.78 Å². The van der Waals surface area contributed by atoms with Crippen molar-refractivity contribution in [2.24, 2.45) is 0 Å². The smallest absolute Gasteiger partial charge is 0.240 e. The van der Waals surface area contributed by atoms with Crippen molar-refractivity contribution in [3.63, 3.8) is 0 Å². The zero-order valence-corrected chi connectivity index (χ0v) is 9.36. The number of hydrogen-bond donors (Lipinski definition) is 1. The number of hydrogen-bond acceptors (Lipinski definition) is 3. The molecule has 0 bridgehead atoms. The van der Waals surface area contributed by atoms with Gasteiger partial charge in [-0.2, -0.15) is 0 Å². The number of piperidine rings is 1. The summed E-state index contributed by atoms with van der Waals surface area (Å²) in [6, 6.07) is 3.86. The molecule has 1 spiro atoms. The third-order valence-electron chi connectivity index (χ3n) is 3.70. The summed E-state index contributed by atoms with van der Waals surface area (Å²) < 4.78 is 0. The van der Waals surface area contributed by atoms with Crippen LogP contribution in [0.25, 0.3) is 0 Å². The van der Waals surface area contributed by atoms with Crippen LogP contribution in [0.3, 0.4) is 0 Å². The maximum absolute atomic E-state index is 12.4.